The minimum Gasteiger partial charge on any atom is -0.384 e. The van der Waals surface area contributed by atoms with Crippen LogP contribution in [0.1, 0.15) is 25.0 Å². The molecule has 0 fully saturated rings. The summed E-state index contributed by atoms with van der Waals surface area (Å²) in [5.41, 5.74) is 2.58. The number of unbranched alkanes of at least 4 members (excludes halogenated alkanes) is 2. The number of nitro benzene ring substituents is 1. The first-order chi connectivity index (χ1) is 10.1. The van der Waals surface area contributed by atoms with E-state index in [4.69, 9.17) is 6.42 Å². The molecule has 0 aliphatic rings. The van der Waals surface area contributed by atoms with Crippen molar-refractivity contribution in [2.24, 2.45) is 0 Å². The number of aromatic nitrogens is 1. The lowest BCUT2D eigenvalue weighted by Crippen LogP contribution is -2.03. The fraction of sp³-hybridized carbons (Fsp3) is 0.312. The summed E-state index contributed by atoms with van der Waals surface area (Å²) in [6.07, 6.45) is 7.91. The molecule has 1 heterocycles. The first-order valence-corrected chi connectivity index (χ1v) is 6.85. The van der Waals surface area contributed by atoms with E-state index in [0.29, 0.717) is 0 Å². The van der Waals surface area contributed by atoms with Gasteiger partial charge in [0.05, 0.1) is 10.4 Å². The van der Waals surface area contributed by atoms with E-state index >= 15 is 0 Å². The van der Waals surface area contributed by atoms with Crippen molar-refractivity contribution in [3.8, 4) is 12.3 Å². The van der Waals surface area contributed by atoms with Gasteiger partial charge in [-0.05, 0) is 31.9 Å². The molecule has 108 valence electrons. The van der Waals surface area contributed by atoms with Crippen molar-refractivity contribution in [2.75, 3.05) is 11.9 Å². The second-order valence-electron chi connectivity index (χ2n) is 4.86. The number of hydrogen-bond acceptors (Lipinski definition) is 4. The third-order valence-corrected chi connectivity index (χ3v) is 3.19. The van der Waals surface area contributed by atoms with Crippen molar-refractivity contribution >= 4 is 22.3 Å². The Hall–Kier alpha value is -2.61. The number of nitrogens with one attached hydrogen (secondary N) is 1. The van der Waals surface area contributed by atoms with Gasteiger partial charge in [-0.1, -0.05) is 0 Å². The zero-order chi connectivity index (χ0) is 15.2. The summed E-state index contributed by atoms with van der Waals surface area (Å²) >= 11 is 0. The molecule has 0 bridgehead atoms. The highest BCUT2D eigenvalue weighted by molar-refractivity contribution is 5.93. The Kier molecular flexibility index (Phi) is 4.72. The second kappa shape index (κ2) is 6.71. The van der Waals surface area contributed by atoms with Crippen molar-refractivity contribution in [3.63, 3.8) is 0 Å². The molecule has 0 unspecified atom stereocenters. The van der Waals surface area contributed by atoms with Crippen LogP contribution in [0.25, 0.3) is 10.9 Å². The van der Waals surface area contributed by atoms with Crippen LogP contribution in [0.15, 0.2) is 24.3 Å². The third-order valence-electron chi connectivity index (χ3n) is 3.19. The van der Waals surface area contributed by atoms with Gasteiger partial charge in [0.25, 0.3) is 5.69 Å². The van der Waals surface area contributed by atoms with E-state index in [1.807, 2.05) is 13.0 Å². The van der Waals surface area contributed by atoms with Crippen molar-refractivity contribution in [2.45, 2.75) is 26.2 Å². The number of anilines is 1. The number of hydrogen-bond donors (Lipinski definition) is 1. The Labute approximate surface area is 123 Å². The van der Waals surface area contributed by atoms with Crippen molar-refractivity contribution in [1.29, 1.82) is 0 Å². The molecule has 0 spiro atoms. The molecule has 2 rings (SSSR count). The standard InChI is InChI=1S/C16H17N3O2/c1-3-4-5-6-9-17-16-10-12(2)18-15-8-7-13(19(20)21)11-14(15)16/h1,7-8,10-11H,4-6,9H2,2H3,(H,17,18). The second-order valence-corrected chi connectivity index (χ2v) is 4.86. The first-order valence-electron chi connectivity index (χ1n) is 6.85. The monoisotopic (exact) mass is 283 g/mol. The van der Waals surface area contributed by atoms with Gasteiger partial charge in [-0.15, -0.1) is 12.3 Å². The Bertz CT molecular complexity index is 704. The third kappa shape index (κ3) is 3.69. The molecular formula is C16H17N3O2. The SMILES string of the molecule is C#CCCCCNc1cc(C)nc2ccc([N+](=O)[O-])cc12. The molecule has 0 saturated carbocycles. The highest BCUT2D eigenvalue weighted by atomic mass is 16.6. The number of pyridine rings is 1. The van der Waals surface area contributed by atoms with E-state index in [9.17, 15) is 10.1 Å². The maximum Gasteiger partial charge on any atom is 0.270 e. The van der Waals surface area contributed by atoms with E-state index in [1.165, 1.54) is 6.07 Å². The van der Waals surface area contributed by atoms with Crippen molar-refractivity contribution in [3.05, 3.63) is 40.1 Å². The van der Waals surface area contributed by atoms with Crippen LogP contribution < -0.4 is 5.32 Å². The first kappa shape index (κ1) is 14.8. The number of benzene rings is 1. The summed E-state index contributed by atoms with van der Waals surface area (Å²) < 4.78 is 0. The van der Waals surface area contributed by atoms with Gasteiger partial charge in [0, 0.05) is 41.9 Å². The predicted molar refractivity (Wildman–Crippen MR) is 84.3 cm³/mol. The molecule has 5 nitrogen and oxygen atoms in total. The summed E-state index contributed by atoms with van der Waals surface area (Å²) in [6.45, 7) is 2.69. The molecule has 0 aliphatic heterocycles. The highest BCUT2D eigenvalue weighted by Gasteiger charge is 2.10. The van der Waals surface area contributed by atoms with Gasteiger partial charge in [0.2, 0.25) is 0 Å². The van der Waals surface area contributed by atoms with Crippen LogP contribution in [0.3, 0.4) is 0 Å². The number of nitro groups is 1. The summed E-state index contributed by atoms with van der Waals surface area (Å²) in [7, 11) is 0. The molecule has 0 atom stereocenters. The number of rotatable bonds is 6. The lowest BCUT2D eigenvalue weighted by molar-refractivity contribution is -0.384. The van der Waals surface area contributed by atoms with Crippen molar-refractivity contribution < 1.29 is 4.92 Å². The van der Waals surface area contributed by atoms with Crippen LogP contribution in [-0.2, 0) is 0 Å². The molecule has 0 radical (unpaired) electrons. The van der Waals surface area contributed by atoms with Gasteiger partial charge in [-0.25, -0.2) is 0 Å². The average Bonchev–Trinajstić information content (AvgIpc) is 2.46. The maximum atomic E-state index is 10.9. The van der Waals surface area contributed by atoms with Crippen molar-refractivity contribution in [1.82, 2.24) is 4.98 Å². The molecule has 2 aromatic rings. The lowest BCUT2D eigenvalue weighted by Gasteiger charge is -2.10. The van der Waals surface area contributed by atoms with Gasteiger partial charge in [0.15, 0.2) is 0 Å². The Morgan fingerprint density at radius 2 is 2.19 bits per heavy atom. The molecular weight excluding hydrogens is 266 g/mol. The fourth-order valence-corrected chi connectivity index (χ4v) is 2.18. The summed E-state index contributed by atoms with van der Waals surface area (Å²) in [4.78, 5) is 14.9. The topological polar surface area (TPSA) is 68.1 Å². The summed E-state index contributed by atoms with van der Waals surface area (Å²) in [5.74, 6) is 2.61. The van der Waals surface area contributed by atoms with Gasteiger partial charge in [-0.2, -0.15) is 0 Å². The minimum absolute atomic E-state index is 0.0727. The number of aryl methyl sites for hydroxylation is 1. The van der Waals surface area contributed by atoms with Crippen LogP contribution in [0.5, 0.6) is 0 Å². The molecule has 0 aliphatic carbocycles. The molecule has 21 heavy (non-hydrogen) atoms. The van der Waals surface area contributed by atoms with Crippen LogP contribution in [0.2, 0.25) is 0 Å². The van der Waals surface area contributed by atoms with Crippen LogP contribution >= 0.6 is 0 Å². The number of non-ortho nitro benzene ring substituents is 1. The Morgan fingerprint density at radius 1 is 1.38 bits per heavy atom. The molecule has 5 heteroatoms. The lowest BCUT2D eigenvalue weighted by atomic mass is 10.1. The Morgan fingerprint density at radius 3 is 2.90 bits per heavy atom. The van der Waals surface area contributed by atoms with E-state index in [-0.39, 0.29) is 5.69 Å². The number of terminal acetylenes is 1. The smallest absolute Gasteiger partial charge is 0.270 e. The van der Waals surface area contributed by atoms with E-state index in [2.05, 4.69) is 16.2 Å². The molecule has 1 aromatic heterocycles. The largest absolute Gasteiger partial charge is 0.384 e. The molecule has 0 saturated heterocycles. The molecule has 0 amide bonds. The van der Waals surface area contributed by atoms with Crippen LogP contribution in [0.4, 0.5) is 11.4 Å². The van der Waals surface area contributed by atoms with Gasteiger partial charge >= 0.3 is 0 Å². The van der Waals surface area contributed by atoms with Gasteiger partial charge in [0.1, 0.15) is 0 Å². The molecule has 1 aromatic carbocycles. The fourth-order valence-electron chi connectivity index (χ4n) is 2.18. The van der Waals surface area contributed by atoms with Crippen LogP contribution in [0, 0.1) is 29.4 Å². The zero-order valence-electron chi connectivity index (χ0n) is 11.9. The zero-order valence-corrected chi connectivity index (χ0v) is 11.9. The predicted octanol–water partition coefficient (Wildman–Crippen LogP) is 3.67. The number of nitrogens with zero attached hydrogens (tertiary/aromatic N) is 2. The Balaban J connectivity index is 2.26. The van der Waals surface area contributed by atoms with E-state index in [1.54, 1.807) is 12.1 Å². The van der Waals surface area contributed by atoms with E-state index in [0.717, 1.165) is 48.1 Å². The highest BCUT2D eigenvalue weighted by Crippen LogP contribution is 2.27. The number of fused-ring (bicyclic) bond motifs is 1. The van der Waals surface area contributed by atoms with Crippen LogP contribution in [-0.4, -0.2) is 16.5 Å². The molecule has 1 N–H and O–H groups in total. The maximum absolute atomic E-state index is 10.9. The van der Waals surface area contributed by atoms with Gasteiger partial charge < -0.3 is 5.32 Å². The van der Waals surface area contributed by atoms with E-state index < -0.39 is 4.92 Å². The quantitative estimate of drug-likeness (QED) is 0.380. The average molecular weight is 283 g/mol. The summed E-state index contributed by atoms with van der Waals surface area (Å²) in [5, 5.41) is 15.0. The normalized spacial score (nSPS) is 10.3. The van der Waals surface area contributed by atoms with Gasteiger partial charge in [-0.3, -0.25) is 15.1 Å². The summed E-state index contributed by atoms with van der Waals surface area (Å²) in [6, 6.07) is 6.63. The minimum atomic E-state index is -0.393.